The first kappa shape index (κ1) is 20.6. The van der Waals surface area contributed by atoms with Crippen molar-refractivity contribution in [3.63, 3.8) is 0 Å². The summed E-state index contributed by atoms with van der Waals surface area (Å²) in [6.45, 7) is 0.381. The third-order valence-electron chi connectivity index (χ3n) is 4.71. The quantitative estimate of drug-likeness (QED) is 0.393. The Morgan fingerprint density at radius 3 is 2.71 bits per heavy atom. The van der Waals surface area contributed by atoms with E-state index >= 15 is 0 Å². The second kappa shape index (κ2) is 11.0. The summed E-state index contributed by atoms with van der Waals surface area (Å²) >= 11 is 1.43. The van der Waals surface area contributed by atoms with E-state index < -0.39 is 0 Å². The van der Waals surface area contributed by atoms with Gasteiger partial charge in [0.15, 0.2) is 5.17 Å². The van der Waals surface area contributed by atoms with Gasteiger partial charge in [-0.1, -0.05) is 67.4 Å². The Morgan fingerprint density at radius 1 is 1.14 bits per heavy atom. The maximum Gasteiger partial charge on any atom is 0.180 e. The third kappa shape index (κ3) is 6.77. The van der Waals surface area contributed by atoms with Gasteiger partial charge in [-0.15, -0.1) is 5.10 Å². The average Bonchev–Trinajstić information content (AvgIpc) is 2.73. The van der Waals surface area contributed by atoms with Gasteiger partial charge in [-0.25, -0.2) is 4.39 Å². The van der Waals surface area contributed by atoms with Crippen LogP contribution in [0.5, 0.6) is 0 Å². The summed E-state index contributed by atoms with van der Waals surface area (Å²) < 4.78 is 19.7. The van der Waals surface area contributed by atoms with Gasteiger partial charge in [-0.05, 0) is 36.1 Å². The molecule has 0 atom stereocenters. The molecular weight excluding hydrogens is 373 g/mol. The van der Waals surface area contributed by atoms with Crippen LogP contribution in [0.4, 0.5) is 4.39 Å². The van der Waals surface area contributed by atoms with Crippen LogP contribution in [-0.2, 0) is 17.1 Å². The molecule has 2 aromatic rings. The molecule has 0 bridgehead atoms. The van der Waals surface area contributed by atoms with Gasteiger partial charge in [0.05, 0.1) is 18.9 Å². The Hall–Kier alpha value is -2.18. The molecule has 0 spiro atoms. The summed E-state index contributed by atoms with van der Waals surface area (Å²) in [6, 6.07) is 14.7. The highest BCUT2D eigenvalue weighted by Gasteiger charge is 2.14. The fraction of sp³-hybridized carbons (Fsp3) is 0.364. The standard InChI is InChI=1S/C22H26FN3OS/c23-20-12-11-18(19(13-20)15-27-21-9-5-2-6-10-21)14-25-26-22(24)28-16-17-7-3-1-4-8-17/h1,3-4,7-8,11-14,21H,2,5-6,9-10,15-16H2,(H2,24,26). The van der Waals surface area contributed by atoms with Crippen LogP contribution in [0.25, 0.3) is 0 Å². The molecule has 2 N–H and O–H groups in total. The van der Waals surface area contributed by atoms with E-state index in [1.54, 1.807) is 12.3 Å². The molecule has 0 amide bonds. The number of nitrogens with two attached hydrogens (primary N) is 1. The van der Waals surface area contributed by atoms with Gasteiger partial charge < -0.3 is 10.5 Å². The number of ether oxygens (including phenoxy) is 1. The zero-order chi connectivity index (χ0) is 19.6. The Morgan fingerprint density at radius 2 is 1.93 bits per heavy atom. The number of hydrogen-bond acceptors (Lipinski definition) is 4. The van der Waals surface area contributed by atoms with E-state index in [9.17, 15) is 4.39 Å². The predicted molar refractivity (Wildman–Crippen MR) is 115 cm³/mol. The molecule has 0 aromatic heterocycles. The van der Waals surface area contributed by atoms with Gasteiger partial charge >= 0.3 is 0 Å². The Balaban J connectivity index is 1.57. The molecular formula is C22H26FN3OS. The molecule has 2 aromatic carbocycles. The normalized spacial score (nSPS) is 16.0. The fourth-order valence-electron chi connectivity index (χ4n) is 3.17. The number of rotatable bonds is 7. The predicted octanol–water partition coefficient (Wildman–Crippen LogP) is 5.26. The van der Waals surface area contributed by atoms with Crippen LogP contribution in [0.3, 0.4) is 0 Å². The van der Waals surface area contributed by atoms with Crippen molar-refractivity contribution in [2.45, 2.75) is 50.6 Å². The van der Waals surface area contributed by atoms with Crippen LogP contribution in [0, 0.1) is 5.82 Å². The minimum atomic E-state index is -0.277. The topological polar surface area (TPSA) is 60.0 Å². The molecule has 3 rings (SSSR count). The average molecular weight is 400 g/mol. The van der Waals surface area contributed by atoms with Gasteiger partial charge in [-0.2, -0.15) is 5.10 Å². The minimum Gasteiger partial charge on any atom is -0.377 e. The smallest absolute Gasteiger partial charge is 0.180 e. The van der Waals surface area contributed by atoms with E-state index in [1.165, 1.54) is 48.7 Å². The van der Waals surface area contributed by atoms with Gasteiger partial charge in [0, 0.05) is 11.3 Å². The van der Waals surface area contributed by atoms with Crippen LogP contribution in [0.1, 0.15) is 48.8 Å². The number of hydrogen-bond donors (Lipinski definition) is 1. The van der Waals surface area contributed by atoms with Crippen molar-refractivity contribution in [1.29, 1.82) is 0 Å². The first-order chi connectivity index (χ1) is 13.7. The molecule has 0 unspecified atom stereocenters. The number of benzene rings is 2. The summed E-state index contributed by atoms with van der Waals surface area (Å²) in [4.78, 5) is 0. The maximum absolute atomic E-state index is 13.7. The molecule has 1 fully saturated rings. The van der Waals surface area contributed by atoms with Crippen LogP contribution in [-0.4, -0.2) is 17.5 Å². The lowest BCUT2D eigenvalue weighted by Gasteiger charge is -2.22. The number of nitrogens with zero attached hydrogens (tertiary/aromatic N) is 2. The van der Waals surface area contributed by atoms with Crippen molar-refractivity contribution < 1.29 is 9.13 Å². The van der Waals surface area contributed by atoms with Gasteiger partial charge in [0.25, 0.3) is 0 Å². The van der Waals surface area contributed by atoms with E-state index in [2.05, 4.69) is 10.2 Å². The summed E-state index contributed by atoms with van der Waals surface area (Å²) in [5, 5.41) is 8.51. The number of halogens is 1. The van der Waals surface area contributed by atoms with Crippen molar-refractivity contribution in [2.75, 3.05) is 0 Å². The van der Waals surface area contributed by atoms with Crippen LogP contribution < -0.4 is 5.73 Å². The van der Waals surface area contributed by atoms with Crippen LogP contribution in [0.15, 0.2) is 58.7 Å². The zero-order valence-electron chi connectivity index (χ0n) is 15.9. The van der Waals surface area contributed by atoms with Crippen molar-refractivity contribution >= 4 is 23.1 Å². The van der Waals surface area contributed by atoms with Crippen molar-refractivity contribution in [3.05, 3.63) is 71.0 Å². The summed E-state index contributed by atoms with van der Waals surface area (Å²) in [6.07, 6.45) is 7.73. The molecule has 1 saturated carbocycles. The largest absolute Gasteiger partial charge is 0.377 e. The third-order valence-corrected chi connectivity index (χ3v) is 5.57. The molecule has 0 aliphatic heterocycles. The first-order valence-electron chi connectivity index (χ1n) is 9.64. The molecule has 0 heterocycles. The highest BCUT2D eigenvalue weighted by molar-refractivity contribution is 8.13. The molecule has 1 aliphatic rings. The highest BCUT2D eigenvalue weighted by Crippen LogP contribution is 2.22. The second-order valence-corrected chi connectivity index (χ2v) is 7.87. The molecule has 0 radical (unpaired) electrons. The second-order valence-electron chi connectivity index (χ2n) is 6.87. The van der Waals surface area contributed by atoms with E-state index in [0.29, 0.717) is 11.8 Å². The lowest BCUT2D eigenvalue weighted by atomic mass is 9.98. The zero-order valence-corrected chi connectivity index (χ0v) is 16.7. The molecule has 28 heavy (non-hydrogen) atoms. The van der Waals surface area contributed by atoms with E-state index in [1.807, 2.05) is 30.3 Å². The Bertz CT molecular complexity index is 805. The van der Waals surface area contributed by atoms with Gasteiger partial charge in [0.1, 0.15) is 5.82 Å². The van der Waals surface area contributed by atoms with Crippen LogP contribution in [0.2, 0.25) is 0 Å². The van der Waals surface area contributed by atoms with E-state index in [-0.39, 0.29) is 11.9 Å². The summed E-state index contributed by atoms with van der Waals surface area (Å²) in [5.41, 5.74) is 8.67. The lowest BCUT2D eigenvalue weighted by molar-refractivity contribution is 0.0167. The van der Waals surface area contributed by atoms with Crippen molar-refractivity contribution in [3.8, 4) is 0 Å². The lowest BCUT2D eigenvalue weighted by Crippen LogP contribution is -2.16. The molecule has 0 saturated heterocycles. The first-order valence-corrected chi connectivity index (χ1v) is 10.6. The van der Waals surface area contributed by atoms with E-state index in [0.717, 1.165) is 29.7 Å². The monoisotopic (exact) mass is 399 g/mol. The molecule has 148 valence electrons. The molecule has 4 nitrogen and oxygen atoms in total. The fourth-order valence-corrected chi connectivity index (χ4v) is 3.78. The Kier molecular flexibility index (Phi) is 8.06. The van der Waals surface area contributed by atoms with Crippen molar-refractivity contribution in [1.82, 2.24) is 0 Å². The SMILES string of the molecule is NC(=NN=Cc1ccc(F)cc1COC1CCCCC1)SCc1ccccc1. The minimum absolute atomic E-state index is 0.268. The number of thioether (sulfide) groups is 1. The summed E-state index contributed by atoms with van der Waals surface area (Å²) in [7, 11) is 0. The van der Waals surface area contributed by atoms with Gasteiger partial charge in [-0.3, -0.25) is 0 Å². The van der Waals surface area contributed by atoms with Crippen molar-refractivity contribution in [2.24, 2.45) is 15.9 Å². The highest BCUT2D eigenvalue weighted by atomic mass is 32.2. The summed E-state index contributed by atoms with van der Waals surface area (Å²) in [5.74, 6) is 0.462. The van der Waals surface area contributed by atoms with Gasteiger partial charge in [0.2, 0.25) is 0 Å². The molecule has 6 heteroatoms. The Labute approximate surface area is 170 Å². The van der Waals surface area contributed by atoms with Crippen LogP contribution >= 0.6 is 11.8 Å². The maximum atomic E-state index is 13.7. The molecule has 1 aliphatic carbocycles. The van der Waals surface area contributed by atoms with E-state index in [4.69, 9.17) is 10.5 Å². The number of amidine groups is 1.